The Bertz CT molecular complexity index is 628. The van der Waals surface area contributed by atoms with E-state index < -0.39 is 11.0 Å². The first-order valence-corrected chi connectivity index (χ1v) is 6.28. The zero-order valence-corrected chi connectivity index (χ0v) is 11.6. The van der Waals surface area contributed by atoms with Crippen LogP contribution in [-0.2, 0) is 0 Å². The third kappa shape index (κ3) is 3.75. The van der Waals surface area contributed by atoms with Gasteiger partial charge in [0.1, 0.15) is 5.82 Å². The molecular formula is C12H9BrN4O3. The molecule has 102 valence electrons. The number of rotatable bonds is 3. The molecule has 0 aliphatic rings. The molecule has 2 aromatic rings. The summed E-state index contributed by atoms with van der Waals surface area (Å²) in [5, 5.41) is 15.6. The van der Waals surface area contributed by atoms with Gasteiger partial charge in [-0.1, -0.05) is 0 Å². The Labute approximate surface area is 122 Å². The lowest BCUT2D eigenvalue weighted by Gasteiger charge is -2.06. The van der Waals surface area contributed by atoms with E-state index in [1.54, 1.807) is 18.3 Å². The molecular weight excluding hydrogens is 328 g/mol. The van der Waals surface area contributed by atoms with Crippen LogP contribution in [0.4, 0.5) is 22.0 Å². The summed E-state index contributed by atoms with van der Waals surface area (Å²) in [6.45, 7) is 0. The van der Waals surface area contributed by atoms with E-state index in [4.69, 9.17) is 0 Å². The highest BCUT2D eigenvalue weighted by molar-refractivity contribution is 9.10. The van der Waals surface area contributed by atoms with Crippen molar-refractivity contribution in [1.82, 2.24) is 4.98 Å². The Morgan fingerprint density at radius 2 is 1.85 bits per heavy atom. The predicted octanol–water partition coefficient (Wildman–Crippen LogP) is 3.40. The van der Waals surface area contributed by atoms with Crippen molar-refractivity contribution in [2.75, 3.05) is 10.6 Å². The summed E-state index contributed by atoms with van der Waals surface area (Å²) in [5.41, 5.74) is 0.413. The molecule has 8 heteroatoms. The molecule has 0 aliphatic heterocycles. The monoisotopic (exact) mass is 336 g/mol. The average molecular weight is 337 g/mol. The van der Waals surface area contributed by atoms with Crippen molar-refractivity contribution in [3.8, 4) is 0 Å². The van der Waals surface area contributed by atoms with E-state index in [0.29, 0.717) is 11.5 Å². The zero-order chi connectivity index (χ0) is 14.5. The molecule has 2 N–H and O–H groups in total. The lowest BCUT2D eigenvalue weighted by molar-refractivity contribution is -0.384. The summed E-state index contributed by atoms with van der Waals surface area (Å²) in [5.74, 6) is 0.396. The molecule has 2 rings (SSSR count). The molecule has 7 nitrogen and oxygen atoms in total. The third-order valence-electron chi connectivity index (χ3n) is 2.30. The number of nitro groups is 1. The average Bonchev–Trinajstić information content (AvgIpc) is 2.42. The molecule has 0 atom stereocenters. The second kappa shape index (κ2) is 6.11. The number of nitrogens with zero attached hydrogens (tertiary/aromatic N) is 2. The molecule has 0 fully saturated rings. The number of benzene rings is 1. The van der Waals surface area contributed by atoms with Crippen molar-refractivity contribution in [3.05, 3.63) is 57.2 Å². The summed E-state index contributed by atoms with van der Waals surface area (Å²) in [4.78, 5) is 25.7. The minimum absolute atomic E-state index is 0.0365. The number of carbonyl (C=O) groups is 1. The zero-order valence-electron chi connectivity index (χ0n) is 10.0. The summed E-state index contributed by atoms with van der Waals surface area (Å²) >= 11 is 3.24. The smallest absolute Gasteiger partial charge is 0.308 e. The number of urea groups is 1. The number of anilines is 2. The highest BCUT2D eigenvalue weighted by Crippen LogP contribution is 2.16. The third-order valence-corrected chi connectivity index (χ3v) is 2.77. The van der Waals surface area contributed by atoms with Gasteiger partial charge in [0.2, 0.25) is 0 Å². The van der Waals surface area contributed by atoms with Gasteiger partial charge < -0.3 is 5.32 Å². The fourth-order valence-electron chi connectivity index (χ4n) is 1.39. The van der Waals surface area contributed by atoms with E-state index in [2.05, 4.69) is 31.5 Å². The van der Waals surface area contributed by atoms with Gasteiger partial charge in [0.05, 0.1) is 4.92 Å². The van der Waals surface area contributed by atoms with Crippen molar-refractivity contribution in [2.45, 2.75) is 0 Å². The maximum Gasteiger partial charge on any atom is 0.324 e. The van der Waals surface area contributed by atoms with Crippen LogP contribution in [0.15, 0.2) is 47.1 Å². The summed E-state index contributed by atoms with van der Waals surface area (Å²) < 4.78 is 0.804. The number of aromatic nitrogens is 1. The molecule has 2 amide bonds. The molecule has 1 aromatic heterocycles. The van der Waals surface area contributed by atoms with Crippen molar-refractivity contribution in [3.63, 3.8) is 0 Å². The number of nitro benzene ring substituents is 1. The van der Waals surface area contributed by atoms with Crippen LogP contribution in [0.3, 0.4) is 0 Å². The second-order valence-corrected chi connectivity index (χ2v) is 4.66. The molecule has 20 heavy (non-hydrogen) atoms. The fraction of sp³-hybridized carbons (Fsp3) is 0. The second-order valence-electron chi connectivity index (χ2n) is 3.74. The highest BCUT2D eigenvalue weighted by Gasteiger charge is 2.06. The van der Waals surface area contributed by atoms with Crippen molar-refractivity contribution in [2.24, 2.45) is 0 Å². The maximum absolute atomic E-state index is 11.7. The first-order valence-electron chi connectivity index (χ1n) is 5.48. The number of amides is 2. The van der Waals surface area contributed by atoms with Gasteiger partial charge in [-0.15, -0.1) is 0 Å². The summed E-state index contributed by atoms with van der Waals surface area (Å²) in [6.07, 6.45) is 1.56. The van der Waals surface area contributed by atoms with Gasteiger partial charge in [-0.25, -0.2) is 9.78 Å². The molecule has 0 aliphatic carbocycles. The van der Waals surface area contributed by atoms with Crippen molar-refractivity contribution < 1.29 is 9.72 Å². The lowest BCUT2D eigenvalue weighted by Crippen LogP contribution is -2.19. The van der Waals surface area contributed by atoms with E-state index in [0.717, 1.165) is 4.47 Å². The highest BCUT2D eigenvalue weighted by atomic mass is 79.9. The lowest BCUT2D eigenvalue weighted by atomic mass is 10.3. The van der Waals surface area contributed by atoms with E-state index in [1.807, 2.05) is 0 Å². The summed E-state index contributed by atoms with van der Waals surface area (Å²) in [7, 11) is 0. The van der Waals surface area contributed by atoms with Crippen LogP contribution in [0.25, 0.3) is 0 Å². The largest absolute Gasteiger partial charge is 0.324 e. The molecule has 1 aromatic carbocycles. The number of pyridine rings is 1. The van der Waals surface area contributed by atoms with Crippen molar-refractivity contribution >= 4 is 39.2 Å². The van der Waals surface area contributed by atoms with Gasteiger partial charge in [-0.05, 0) is 40.2 Å². The Kier molecular flexibility index (Phi) is 4.26. The topological polar surface area (TPSA) is 97.2 Å². The Morgan fingerprint density at radius 1 is 1.15 bits per heavy atom. The van der Waals surface area contributed by atoms with Gasteiger partial charge in [0.15, 0.2) is 0 Å². The molecule has 0 unspecified atom stereocenters. The number of halogens is 1. The first-order chi connectivity index (χ1) is 9.54. The normalized spacial score (nSPS) is 9.85. The molecule has 1 heterocycles. The fourth-order valence-corrected chi connectivity index (χ4v) is 1.63. The van der Waals surface area contributed by atoms with Crippen LogP contribution >= 0.6 is 15.9 Å². The van der Waals surface area contributed by atoms with Crippen molar-refractivity contribution in [1.29, 1.82) is 0 Å². The minimum Gasteiger partial charge on any atom is -0.308 e. The van der Waals surface area contributed by atoms with Gasteiger partial charge in [-0.3, -0.25) is 15.4 Å². The van der Waals surface area contributed by atoms with Gasteiger partial charge in [-0.2, -0.15) is 0 Å². The summed E-state index contributed by atoms with van der Waals surface area (Å²) in [6, 6.07) is 8.43. The van der Waals surface area contributed by atoms with Gasteiger partial charge in [0, 0.05) is 28.5 Å². The molecule has 0 saturated carbocycles. The standard InChI is InChI=1S/C12H9BrN4O3/c13-8-1-6-11(14-7-8)16-12(18)15-9-2-4-10(5-3-9)17(19)20/h1-7H,(H2,14,15,16,18). The first kappa shape index (κ1) is 13.9. The quantitative estimate of drug-likeness (QED) is 0.663. The van der Waals surface area contributed by atoms with E-state index >= 15 is 0 Å². The molecule has 0 spiro atoms. The van der Waals surface area contributed by atoms with Crippen LogP contribution in [0.1, 0.15) is 0 Å². The Hall–Kier alpha value is -2.48. The van der Waals surface area contributed by atoms with Crippen LogP contribution in [0.2, 0.25) is 0 Å². The Balaban J connectivity index is 1.97. The number of hydrogen-bond donors (Lipinski definition) is 2. The number of non-ortho nitro benzene ring substituents is 1. The number of carbonyl (C=O) groups excluding carboxylic acids is 1. The van der Waals surface area contributed by atoms with E-state index in [1.165, 1.54) is 24.3 Å². The van der Waals surface area contributed by atoms with E-state index in [9.17, 15) is 14.9 Å². The molecule has 0 bridgehead atoms. The molecule has 0 saturated heterocycles. The van der Waals surface area contributed by atoms with Crippen LogP contribution in [-0.4, -0.2) is 15.9 Å². The Morgan fingerprint density at radius 3 is 2.40 bits per heavy atom. The predicted molar refractivity (Wildman–Crippen MR) is 77.7 cm³/mol. The van der Waals surface area contributed by atoms with Crippen LogP contribution in [0.5, 0.6) is 0 Å². The maximum atomic E-state index is 11.7. The van der Waals surface area contributed by atoms with Gasteiger partial charge >= 0.3 is 6.03 Å². The number of hydrogen-bond acceptors (Lipinski definition) is 4. The van der Waals surface area contributed by atoms with Crippen LogP contribution in [0, 0.1) is 10.1 Å². The van der Waals surface area contributed by atoms with E-state index in [-0.39, 0.29) is 5.69 Å². The number of nitrogens with one attached hydrogen (secondary N) is 2. The SMILES string of the molecule is O=C(Nc1ccc([N+](=O)[O-])cc1)Nc1ccc(Br)cn1. The van der Waals surface area contributed by atoms with Crippen LogP contribution < -0.4 is 10.6 Å². The minimum atomic E-state index is -0.504. The molecule has 0 radical (unpaired) electrons. The van der Waals surface area contributed by atoms with Gasteiger partial charge in [0.25, 0.3) is 5.69 Å².